The van der Waals surface area contributed by atoms with Gasteiger partial charge in [0.15, 0.2) is 0 Å². The van der Waals surface area contributed by atoms with Crippen molar-refractivity contribution in [1.29, 1.82) is 0 Å². The molecule has 1 unspecified atom stereocenters. The average molecular weight is 277 g/mol. The predicted molar refractivity (Wildman–Crippen MR) is 82.6 cm³/mol. The van der Waals surface area contributed by atoms with Crippen LogP contribution in [-0.4, -0.2) is 23.7 Å². The molecule has 0 bridgehead atoms. The first-order chi connectivity index (χ1) is 9.51. The number of rotatable bonds is 8. The number of aliphatic hydroxyl groups is 1. The fourth-order valence-electron chi connectivity index (χ4n) is 2.15. The summed E-state index contributed by atoms with van der Waals surface area (Å²) in [5.74, 6) is 0.450. The summed E-state index contributed by atoms with van der Waals surface area (Å²) >= 11 is 0. The third-order valence-corrected chi connectivity index (χ3v) is 3.35. The standard InChI is InChI=1S/C17H27NO2/c1-4-14-5-7-15(8-6-14)9-10-17(20)18-12-16(19)11-13(2)3/h5-8,13,16,19H,4,9-12H2,1-3H3,(H,18,20). The number of carbonyl (C=O) groups excluding carboxylic acids is 1. The quantitative estimate of drug-likeness (QED) is 0.767. The van der Waals surface area contributed by atoms with E-state index in [-0.39, 0.29) is 5.91 Å². The van der Waals surface area contributed by atoms with E-state index in [0.29, 0.717) is 18.9 Å². The van der Waals surface area contributed by atoms with Crippen LogP contribution in [0.25, 0.3) is 0 Å². The summed E-state index contributed by atoms with van der Waals surface area (Å²) in [5, 5.41) is 12.5. The van der Waals surface area contributed by atoms with E-state index in [1.54, 1.807) is 0 Å². The number of benzene rings is 1. The van der Waals surface area contributed by atoms with Crippen LogP contribution < -0.4 is 5.32 Å². The molecule has 0 saturated carbocycles. The molecule has 1 amide bonds. The molecule has 0 aliphatic carbocycles. The number of amides is 1. The molecule has 3 heteroatoms. The van der Waals surface area contributed by atoms with Crippen molar-refractivity contribution >= 4 is 5.91 Å². The Labute approximate surface area is 122 Å². The molecule has 1 aromatic carbocycles. The van der Waals surface area contributed by atoms with Crippen molar-refractivity contribution in [3.05, 3.63) is 35.4 Å². The lowest BCUT2D eigenvalue weighted by Crippen LogP contribution is -2.32. The molecule has 1 rings (SSSR count). The van der Waals surface area contributed by atoms with Gasteiger partial charge in [-0.25, -0.2) is 0 Å². The molecule has 0 aliphatic rings. The molecule has 0 saturated heterocycles. The van der Waals surface area contributed by atoms with Gasteiger partial charge in [-0.3, -0.25) is 4.79 Å². The molecule has 2 N–H and O–H groups in total. The summed E-state index contributed by atoms with van der Waals surface area (Å²) < 4.78 is 0. The minimum absolute atomic E-state index is 0.00683. The monoisotopic (exact) mass is 277 g/mol. The van der Waals surface area contributed by atoms with Gasteiger partial charge in [0, 0.05) is 13.0 Å². The molecule has 0 aliphatic heterocycles. The van der Waals surface area contributed by atoms with Gasteiger partial charge < -0.3 is 10.4 Å². The largest absolute Gasteiger partial charge is 0.391 e. The maximum atomic E-state index is 11.7. The summed E-state index contributed by atoms with van der Waals surface area (Å²) in [7, 11) is 0. The van der Waals surface area contributed by atoms with E-state index in [1.807, 2.05) is 0 Å². The summed E-state index contributed by atoms with van der Waals surface area (Å²) in [4.78, 5) is 11.7. The third kappa shape index (κ3) is 6.71. The van der Waals surface area contributed by atoms with Crippen LogP contribution in [0.4, 0.5) is 0 Å². The lowest BCUT2D eigenvalue weighted by molar-refractivity contribution is -0.121. The molecule has 20 heavy (non-hydrogen) atoms. The Morgan fingerprint density at radius 2 is 1.80 bits per heavy atom. The smallest absolute Gasteiger partial charge is 0.220 e. The van der Waals surface area contributed by atoms with Gasteiger partial charge in [0.25, 0.3) is 0 Å². The zero-order valence-electron chi connectivity index (χ0n) is 12.9. The van der Waals surface area contributed by atoms with Gasteiger partial charge in [-0.15, -0.1) is 0 Å². The van der Waals surface area contributed by atoms with Crippen LogP contribution in [0.3, 0.4) is 0 Å². The van der Waals surface area contributed by atoms with Gasteiger partial charge in [0.2, 0.25) is 5.91 Å². The third-order valence-electron chi connectivity index (χ3n) is 3.35. The van der Waals surface area contributed by atoms with Crippen molar-refractivity contribution < 1.29 is 9.90 Å². The van der Waals surface area contributed by atoms with E-state index >= 15 is 0 Å². The topological polar surface area (TPSA) is 49.3 Å². The summed E-state index contributed by atoms with van der Waals surface area (Å²) in [6, 6.07) is 8.39. The second-order valence-corrected chi connectivity index (χ2v) is 5.76. The fraction of sp³-hybridized carbons (Fsp3) is 0.588. The van der Waals surface area contributed by atoms with Gasteiger partial charge in [0.05, 0.1) is 6.10 Å². The van der Waals surface area contributed by atoms with Crippen LogP contribution in [0.1, 0.15) is 44.7 Å². The first-order valence-corrected chi connectivity index (χ1v) is 7.53. The van der Waals surface area contributed by atoms with Gasteiger partial charge in [-0.1, -0.05) is 45.0 Å². The number of hydrogen-bond donors (Lipinski definition) is 2. The molecule has 112 valence electrons. The zero-order chi connectivity index (χ0) is 15.0. The Bertz CT molecular complexity index is 398. The van der Waals surface area contributed by atoms with E-state index in [1.165, 1.54) is 11.1 Å². The van der Waals surface area contributed by atoms with Crippen LogP contribution >= 0.6 is 0 Å². The highest BCUT2D eigenvalue weighted by molar-refractivity contribution is 5.76. The number of aryl methyl sites for hydroxylation is 2. The SMILES string of the molecule is CCc1ccc(CCC(=O)NCC(O)CC(C)C)cc1. The highest BCUT2D eigenvalue weighted by atomic mass is 16.3. The van der Waals surface area contributed by atoms with Gasteiger partial charge in [-0.05, 0) is 36.3 Å². The van der Waals surface area contributed by atoms with Crippen molar-refractivity contribution in [1.82, 2.24) is 5.32 Å². The minimum atomic E-state index is -0.442. The van der Waals surface area contributed by atoms with Crippen LogP contribution in [0, 0.1) is 5.92 Å². The van der Waals surface area contributed by atoms with E-state index in [9.17, 15) is 9.90 Å². The number of carbonyl (C=O) groups is 1. The minimum Gasteiger partial charge on any atom is -0.391 e. The fourth-order valence-corrected chi connectivity index (χ4v) is 2.15. The Kier molecular flexibility index (Phi) is 7.31. The van der Waals surface area contributed by atoms with Crippen molar-refractivity contribution in [3.8, 4) is 0 Å². The Morgan fingerprint density at radius 3 is 2.35 bits per heavy atom. The summed E-state index contributed by atoms with van der Waals surface area (Å²) in [6.45, 7) is 6.60. The molecule has 3 nitrogen and oxygen atoms in total. The van der Waals surface area contributed by atoms with Gasteiger partial charge in [-0.2, -0.15) is 0 Å². The first-order valence-electron chi connectivity index (χ1n) is 7.53. The maximum absolute atomic E-state index is 11.7. The highest BCUT2D eigenvalue weighted by Crippen LogP contribution is 2.07. The van der Waals surface area contributed by atoms with E-state index in [2.05, 4.69) is 50.4 Å². The van der Waals surface area contributed by atoms with Crippen LogP contribution in [0.15, 0.2) is 24.3 Å². The van der Waals surface area contributed by atoms with Crippen molar-refractivity contribution in [3.63, 3.8) is 0 Å². The molecule has 1 aromatic rings. The van der Waals surface area contributed by atoms with Crippen LogP contribution in [0.5, 0.6) is 0 Å². The van der Waals surface area contributed by atoms with Gasteiger partial charge >= 0.3 is 0 Å². The first kappa shape index (κ1) is 16.7. The van der Waals surface area contributed by atoms with Gasteiger partial charge in [0.1, 0.15) is 0 Å². The van der Waals surface area contributed by atoms with E-state index < -0.39 is 6.10 Å². The summed E-state index contributed by atoms with van der Waals surface area (Å²) in [5.41, 5.74) is 2.50. The molecule has 0 heterocycles. The average Bonchev–Trinajstić information content (AvgIpc) is 2.42. The lowest BCUT2D eigenvalue weighted by atomic mass is 10.1. The van der Waals surface area contributed by atoms with Crippen molar-refractivity contribution in [2.75, 3.05) is 6.54 Å². The molecule has 0 aromatic heterocycles. The Balaban J connectivity index is 2.25. The maximum Gasteiger partial charge on any atom is 0.220 e. The molecule has 0 radical (unpaired) electrons. The van der Waals surface area contributed by atoms with E-state index in [4.69, 9.17) is 0 Å². The van der Waals surface area contributed by atoms with Crippen molar-refractivity contribution in [2.45, 2.75) is 52.6 Å². The van der Waals surface area contributed by atoms with Crippen LogP contribution in [-0.2, 0) is 17.6 Å². The van der Waals surface area contributed by atoms with Crippen LogP contribution in [0.2, 0.25) is 0 Å². The number of aliphatic hydroxyl groups excluding tert-OH is 1. The Hall–Kier alpha value is -1.35. The second kappa shape index (κ2) is 8.75. The lowest BCUT2D eigenvalue weighted by Gasteiger charge is -2.13. The molecule has 0 fully saturated rings. The number of nitrogens with one attached hydrogen (secondary N) is 1. The normalized spacial score (nSPS) is 12.4. The molecule has 0 spiro atoms. The number of hydrogen-bond acceptors (Lipinski definition) is 2. The molecular formula is C17H27NO2. The second-order valence-electron chi connectivity index (χ2n) is 5.76. The zero-order valence-corrected chi connectivity index (χ0v) is 12.9. The predicted octanol–water partition coefficient (Wildman–Crippen LogP) is 2.70. The molecular weight excluding hydrogens is 250 g/mol. The Morgan fingerprint density at radius 1 is 1.20 bits per heavy atom. The molecule has 1 atom stereocenters. The highest BCUT2D eigenvalue weighted by Gasteiger charge is 2.09. The van der Waals surface area contributed by atoms with E-state index in [0.717, 1.165) is 19.3 Å². The van der Waals surface area contributed by atoms with Crippen molar-refractivity contribution in [2.24, 2.45) is 5.92 Å². The summed E-state index contributed by atoms with van der Waals surface area (Å²) in [6.07, 6.45) is 2.53.